The minimum atomic E-state index is -0.773. The number of hydrogen-bond donors (Lipinski definition) is 5. The Morgan fingerprint density at radius 1 is 1.26 bits per heavy atom. The van der Waals surface area contributed by atoms with E-state index in [2.05, 4.69) is 26.0 Å². The summed E-state index contributed by atoms with van der Waals surface area (Å²) in [6, 6.07) is 6.45. The van der Waals surface area contributed by atoms with Gasteiger partial charge in [-0.25, -0.2) is 9.37 Å². The predicted octanol–water partition coefficient (Wildman–Crippen LogP) is 2.53. The zero-order valence-corrected chi connectivity index (χ0v) is 17.7. The Hall–Kier alpha value is -3.40. The highest BCUT2D eigenvalue weighted by molar-refractivity contribution is 5.99. The zero-order valence-electron chi connectivity index (χ0n) is 17.7. The first-order chi connectivity index (χ1) is 14.8. The van der Waals surface area contributed by atoms with Gasteiger partial charge in [0.25, 0.3) is 5.91 Å². The summed E-state index contributed by atoms with van der Waals surface area (Å²) in [5.41, 5.74) is 13.1. The Morgan fingerprint density at radius 2 is 2.00 bits per heavy atom. The van der Waals surface area contributed by atoms with Crippen molar-refractivity contribution in [3.05, 3.63) is 35.6 Å². The van der Waals surface area contributed by atoms with E-state index in [-0.39, 0.29) is 29.3 Å². The number of primary amides is 1. The smallest absolute Gasteiger partial charge is 0.252 e. The number of fused-ring (bicyclic) bond motifs is 1. The molecule has 2 aromatic heterocycles. The summed E-state index contributed by atoms with van der Waals surface area (Å²) >= 11 is 0. The average Bonchev–Trinajstić information content (AvgIpc) is 3.51. The van der Waals surface area contributed by atoms with Gasteiger partial charge in [0.2, 0.25) is 0 Å². The van der Waals surface area contributed by atoms with E-state index in [0.717, 1.165) is 35.6 Å². The third-order valence-corrected chi connectivity index (χ3v) is 5.59. The molecular formula is C21H27FN8O. The lowest BCUT2D eigenvalue weighted by atomic mass is 10.1. The van der Waals surface area contributed by atoms with E-state index in [1.165, 1.54) is 0 Å². The lowest BCUT2D eigenvalue weighted by molar-refractivity contribution is 0.100. The number of halogens is 1. The maximum atomic E-state index is 14.7. The van der Waals surface area contributed by atoms with Gasteiger partial charge in [-0.1, -0.05) is 0 Å². The van der Waals surface area contributed by atoms with Gasteiger partial charge in [0.15, 0.2) is 17.5 Å². The van der Waals surface area contributed by atoms with Gasteiger partial charge in [-0.05, 0) is 49.9 Å². The van der Waals surface area contributed by atoms with Crippen molar-refractivity contribution in [2.24, 2.45) is 24.4 Å². The molecule has 1 aliphatic rings. The van der Waals surface area contributed by atoms with E-state index in [1.54, 1.807) is 11.7 Å². The second kappa shape index (κ2) is 8.03. The van der Waals surface area contributed by atoms with Crippen LogP contribution in [0.25, 0.3) is 10.9 Å². The molecule has 1 aliphatic carbocycles. The molecule has 10 heteroatoms. The average molecular weight is 427 g/mol. The Balaban J connectivity index is 1.71. The molecule has 3 aromatic rings. The highest BCUT2D eigenvalue weighted by Gasteiger charge is 2.34. The van der Waals surface area contributed by atoms with Crippen LogP contribution in [0.3, 0.4) is 0 Å². The summed E-state index contributed by atoms with van der Waals surface area (Å²) in [7, 11) is 3.65. The van der Waals surface area contributed by atoms with Crippen LogP contribution in [0.4, 0.5) is 27.5 Å². The highest BCUT2D eigenvalue weighted by atomic mass is 19.1. The van der Waals surface area contributed by atoms with Crippen molar-refractivity contribution in [1.29, 1.82) is 0 Å². The van der Waals surface area contributed by atoms with Crippen LogP contribution in [0.2, 0.25) is 0 Å². The van der Waals surface area contributed by atoms with Crippen molar-refractivity contribution < 1.29 is 9.18 Å². The summed E-state index contributed by atoms with van der Waals surface area (Å²) in [5.74, 6) is -0.100. The van der Waals surface area contributed by atoms with Gasteiger partial charge >= 0.3 is 0 Å². The molecule has 0 unspecified atom stereocenters. The van der Waals surface area contributed by atoms with Crippen molar-refractivity contribution in [3.63, 3.8) is 0 Å². The number of nitrogens with zero attached hydrogens (tertiary/aromatic N) is 3. The number of amides is 1. The van der Waals surface area contributed by atoms with Crippen molar-refractivity contribution >= 4 is 40.0 Å². The topological polar surface area (TPSA) is 136 Å². The molecule has 2 atom stereocenters. The summed E-state index contributed by atoms with van der Waals surface area (Å²) in [4.78, 5) is 16.3. The second-order valence-corrected chi connectivity index (χ2v) is 8.03. The van der Waals surface area contributed by atoms with Crippen LogP contribution in [0.1, 0.15) is 30.1 Å². The van der Waals surface area contributed by atoms with Crippen molar-refractivity contribution in [3.8, 4) is 0 Å². The molecule has 1 amide bonds. The molecular weight excluding hydrogens is 399 g/mol. The van der Waals surface area contributed by atoms with Crippen LogP contribution >= 0.6 is 0 Å². The van der Waals surface area contributed by atoms with Crippen molar-refractivity contribution in [1.82, 2.24) is 14.8 Å². The molecule has 0 saturated heterocycles. The Bertz CT molecular complexity index is 1140. The number of aryl methyl sites for hydroxylation is 1. The number of aromatic nitrogens is 3. The molecule has 31 heavy (non-hydrogen) atoms. The van der Waals surface area contributed by atoms with Gasteiger partial charge in [0, 0.05) is 37.3 Å². The second-order valence-electron chi connectivity index (χ2n) is 8.03. The normalized spacial score (nSPS) is 15.5. The molecule has 2 heterocycles. The van der Waals surface area contributed by atoms with E-state index in [4.69, 9.17) is 11.5 Å². The molecule has 4 rings (SSSR count). The number of rotatable bonds is 8. The van der Waals surface area contributed by atoms with Crippen molar-refractivity contribution in [2.75, 3.05) is 23.0 Å². The molecule has 7 N–H and O–H groups in total. The number of carbonyl (C=O) groups is 1. The number of benzene rings is 1. The van der Waals surface area contributed by atoms with Crippen LogP contribution in [0, 0.1) is 11.7 Å². The lowest BCUT2D eigenvalue weighted by Gasteiger charge is -2.23. The van der Waals surface area contributed by atoms with E-state index >= 15 is 0 Å². The quantitative estimate of drug-likeness (QED) is 0.373. The van der Waals surface area contributed by atoms with Crippen LogP contribution < -0.4 is 27.4 Å². The SMILES string of the molecule is CNc1nn(C)c2ccc(Nc3nc(N[C@H](C4CC4)[C@H](C)N)c(F)cc3C(N)=O)cc12. The molecule has 9 nitrogen and oxygen atoms in total. The maximum absolute atomic E-state index is 14.7. The minimum absolute atomic E-state index is 0.0352. The highest BCUT2D eigenvalue weighted by Crippen LogP contribution is 2.36. The number of hydrogen-bond acceptors (Lipinski definition) is 7. The van der Waals surface area contributed by atoms with E-state index in [1.807, 2.05) is 32.2 Å². The largest absolute Gasteiger partial charge is 0.371 e. The standard InChI is InChI=1S/C21H27FN8O/c1-10(23)17(11-4-5-11)27-21-15(22)9-14(18(24)31)20(28-21)26-12-6-7-16-13(8-12)19(25-2)29-30(16)3/h6-11,17H,4-5,23H2,1-3H3,(H2,24,31)(H,25,29)(H2,26,27,28)/t10-,17-/m0/s1. The van der Waals surface area contributed by atoms with Gasteiger partial charge in [-0.2, -0.15) is 5.10 Å². The Morgan fingerprint density at radius 3 is 2.61 bits per heavy atom. The fourth-order valence-corrected chi connectivity index (χ4v) is 3.83. The fourth-order valence-electron chi connectivity index (χ4n) is 3.83. The van der Waals surface area contributed by atoms with Gasteiger partial charge in [0.05, 0.1) is 11.1 Å². The molecule has 0 spiro atoms. The molecule has 0 bridgehead atoms. The molecule has 0 radical (unpaired) electrons. The fraction of sp³-hybridized carbons (Fsp3) is 0.381. The molecule has 1 saturated carbocycles. The summed E-state index contributed by atoms with van der Waals surface area (Å²) < 4.78 is 16.5. The molecule has 1 fully saturated rings. The summed E-state index contributed by atoms with van der Waals surface area (Å²) in [6.45, 7) is 1.88. The summed E-state index contributed by atoms with van der Waals surface area (Å²) in [5, 5.41) is 14.6. The Labute approximate surface area is 179 Å². The number of anilines is 4. The monoisotopic (exact) mass is 426 g/mol. The molecule has 0 aliphatic heterocycles. The van der Waals surface area contributed by atoms with Crippen LogP contribution in [0.15, 0.2) is 24.3 Å². The third-order valence-electron chi connectivity index (χ3n) is 5.59. The third kappa shape index (κ3) is 4.11. The van der Waals surface area contributed by atoms with Gasteiger partial charge in [-0.3, -0.25) is 9.48 Å². The predicted molar refractivity (Wildman–Crippen MR) is 120 cm³/mol. The number of nitrogens with one attached hydrogen (secondary N) is 3. The first kappa shape index (κ1) is 20.9. The number of nitrogens with two attached hydrogens (primary N) is 2. The van der Waals surface area contributed by atoms with Crippen LogP contribution in [-0.4, -0.2) is 39.8 Å². The van der Waals surface area contributed by atoms with E-state index in [0.29, 0.717) is 11.6 Å². The number of carbonyl (C=O) groups excluding carboxylic acids is 1. The number of pyridine rings is 1. The Kier molecular flexibility index (Phi) is 5.40. The van der Waals surface area contributed by atoms with Crippen LogP contribution in [0.5, 0.6) is 0 Å². The van der Waals surface area contributed by atoms with E-state index in [9.17, 15) is 9.18 Å². The van der Waals surface area contributed by atoms with Gasteiger partial charge in [-0.15, -0.1) is 0 Å². The minimum Gasteiger partial charge on any atom is -0.371 e. The first-order valence-corrected chi connectivity index (χ1v) is 10.2. The van der Waals surface area contributed by atoms with Crippen molar-refractivity contribution in [2.45, 2.75) is 31.8 Å². The lowest BCUT2D eigenvalue weighted by Crippen LogP contribution is -2.40. The van der Waals surface area contributed by atoms with Gasteiger partial charge in [0.1, 0.15) is 5.82 Å². The molecule has 1 aromatic carbocycles. The van der Waals surface area contributed by atoms with E-state index < -0.39 is 11.7 Å². The first-order valence-electron chi connectivity index (χ1n) is 10.2. The van der Waals surface area contributed by atoms with Crippen LogP contribution in [-0.2, 0) is 7.05 Å². The zero-order chi connectivity index (χ0) is 22.3. The molecule has 164 valence electrons. The summed E-state index contributed by atoms with van der Waals surface area (Å²) in [6.07, 6.45) is 2.09. The maximum Gasteiger partial charge on any atom is 0.252 e. The van der Waals surface area contributed by atoms with Gasteiger partial charge < -0.3 is 27.4 Å².